The maximum Gasteiger partial charge on any atom is 0.278 e. The number of nitrogens with zero attached hydrogens (tertiary/aromatic N) is 6. The third-order valence-corrected chi connectivity index (χ3v) is 4.81. The Morgan fingerprint density at radius 3 is 2.68 bits per heavy atom. The van der Waals surface area contributed by atoms with Crippen LogP contribution in [0.1, 0.15) is 39.0 Å². The third kappa shape index (κ3) is 4.33. The number of ether oxygens (including phenoxy) is 1. The Morgan fingerprint density at radius 1 is 1.16 bits per heavy atom. The molecule has 12 nitrogen and oxygen atoms in total. The molecule has 3 N–H and O–H groups in total. The first kappa shape index (κ1) is 20.3. The van der Waals surface area contributed by atoms with Crippen LogP contribution in [0.3, 0.4) is 0 Å². The second kappa shape index (κ2) is 8.83. The molecule has 0 radical (unpaired) electrons. The van der Waals surface area contributed by atoms with Gasteiger partial charge >= 0.3 is 0 Å². The van der Waals surface area contributed by atoms with Crippen LogP contribution in [0.2, 0.25) is 0 Å². The van der Waals surface area contributed by atoms with E-state index in [0.717, 1.165) is 6.42 Å². The van der Waals surface area contributed by atoms with Gasteiger partial charge in [-0.1, -0.05) is 0 Å². The van der Waals surface area contributed by atoms with E-state index in [4.69, 9.17) is 4.74 Å². The van der Waals surface area contributed by atoms with Gasteiger partial charge in [0.15, 0.2) is 11.5 Å². The maximum atomic E-state index is 13.2. The molecule has 0 saturated carbocycles. The van der Waals surface area contributed by atoms with Crippen LogP contribution < -0.4 is 16.0 Å². The summed E-state index contributed by atoms with van der Waals surface area (Å²) in [5.41, 5.74) is 1.76. The lowest BCUT2D eigenvalue weighted by Gasteiger charge is -2.14. The highest BCUT2D eigenvalue weighted by molar-refractivity contribution is 6.09. The van der Waals surface area contributed by atoms with Gasteiger partial charge in [-0.3, -0.25) is 14.3 Å². The van der Waals surface area contributed by atoms with Gasteiger partial charge in [0.2, 0.25) is 0 Å². The van der Waals surface area contributed by atoms with E-state index < -0.39 is 5.91 Å². The van der Waals surface area contributed by atoms with Crippen LogP contribution in [-0.4, -0.2) is 61.8 Å². The number of carbonyl (C=O) groups excluding carboxylic acids is 2. The van der Waals surface area contributed by atoms with E-state index in [1.807, 2.05) is 0 Å². The van der Waals surface area contributed by atoms with Gasteiger partial charge in [0.05, 0.1) is 48.5 Å². The smallest absolute Gasteiger partial charge is 0.278 e. The van der Waals surface area contributed by atoms with E-state index in [0.29, 0.717) is 24.6 Å². The Balaban J connectivity index is 1.68. The maximum absolute atomic E-state index is 13.2. The zero-order valence-corrected chi connectivity index (χ0v) is 17.0. The largest absolute Gasteiger partial charge is 0.381 e. The minimum absolute atomic E-state index is 0.0629. The van der Waals surface area contributed by atoms with Crippen molar-refractivity contribution in [3.8, 4) is 0 Å². The Bertz CT molecular complexity index is 1090. The minimum atomic E-state index is -0.536. The monoisotopic (exact) mass is 423 g/mol. The van der Waals surface area contributed by atoms with Crippen LogP contribution in [0, 0.1) is 0 Å². The van der Waals surface area contributed by atoms with Crippen LogP contribution in [0.15, 0.2) is 31.1 Å². The quantitative estimate of drug-likeness (QED) is 0.525. The molecule has 3 aromatic heterocycles. The topological polar surface area (TPSA) is 149 Å². The van der Waals surface area contributed by atoms with Gasteiger partial charge < -0.3 is 20.7 Å². The number of carbonyl (C=O) groups is 2. The standard InChI is InChI=1S/C19H21N9O3/c1-20-19(30)16-14(8-24-28(16)2)27-18(29)15-17(25-12-5-21-10-22-6-12)23-7-13(26-15)11-3-4-31-9-11/h5-8,10-11H,3-4,9H2,1-2H3,(H,20,30)(H,23,25)(H,27,29)/t11-/m1/s1. The van der Waals surface area contributed by atoms with Crippen molar-refractivity contribution < 1.29 is 14.3 Å². The normalized spacial score (nSPS) is 15.5. The molecule has 1 fully saturated rings. The fraction of sp³-hybridized carbons (Fsp3) is 0.316. The van der Waals surface area contributed by atoms with Crippen molar-refractivity contribution in [1.29, 1.82) is 0 Å². The van der Waals surface area contributed by atoms with Gasteiger partial charge in [-0.2, -0.15) is 5.10 Å². The number of rotatable bonds is 6. The molecule has 0 aliphatic carbocycles. The molecule has 12 heteroatoms. The highest BCUT2D eigenvalue weighted by atomic mass is 16.5. The average Bonchev–Trinajstić information content (AvgIpc) is 3.44. The summed E-state index contributed by atoms with van der Waals surface area (Å²) < 4.78 is 6.82. The molecule has 0 unspecified atom stereocenters. The molecule has 1 aliphatic heterocycles. The number of amides is 2. The molecular formula is C19H21N9O3. The fourth-order valence-corrected chi connectivity index (χ4v) is 3.22. The number of aromatic nitrogens is 6. The van der Waals surface area contributed by atoms with Gasteiger partial charge in [0.25, 0.3) is 11.8 Å². The Morgan fingerprint density at radius 2 is 1.97 bits per heavy atom. The van der Waals surface area contributed by atoms with Crippen molar-refractivity contribution in [2.45, 2.75) is 12.3 Å². The molecular weight excluding hydrogens is 402 g/mol. The van der Waals surface area contributed by atoms with Gasteiger partial charge in [-0.05, 0) is 6.42 Å². The van der Waals surface area contributed by atoms with Crippen LogP contribution in [0.4, 0.5) is 17.2 Å². The minimum Gasteiger partial charge on any atom is -0.381 e. The van der Waals surface area contributed by atoms with Crippen LogP contribution in [0.25, 0.3) is 0 Å². The second-order valence-corrected chi connectivity index (χ2v) is 6.87. The molecule has 2 amide bonds. The van der Waals surface area contributed by atoms with Crippen molar-refractivity contribution >= 4 is 29.0 Å². The van der Waals surface area contributed by atoms with E-state index in [1.54, 1.807) is 25.6 Å². The lowest BCUT2D eigenvalue weighted by molar-refractivity contribution is 0.0954. The molecule has 1 atom stereocenters. The Kier molecular flexibility index (Phi) is 5.80. The molecule has 4 heterocycles. The molecule has 0 spiro atoms. The van der Waals surface area contributed by atoms with Crippen molar-refractivity contribution in [3.05, 3.63) is 48.2 Å². The molecule has 1 saturated heterocycles. The number of aryl methyl sites for hydroxylation is 1. The number of hydrogen-bond acceptors (Lipinski definition) is 9. The second-order valence-electron chi connectivity index (χ2n) is 6.87. The average molecular weight is 423 g/mol. The summed E-state index contributed by atoms with van der Waals surface area (Å²) in [7, 11) is 3.12. The van der Waals surface area contributed by atoms with E-state index >= 15 is 0 Å². The predicted octanol–water partition coefficient (Wildman–Crippen LogP) is 0.859. The highest BCUT2D eigenvalue weighted by Crippen LogP contribution is 2.26. The third-order valence-electron chi connectivity index (χ3n) is 4.81. The van der Waals surface area contributed by atoms with Crippen molar-refractivity contribution in [3.63, 3.8) is 0 Å². The number of nitrogens with one attached hydrogen (secondary N) is 3. The molecule has 1 aliphatic rings. The number of anilines is 3. The molecule has 160 valence electrons. The summed E-state index contributed by atoms with van der Waals surface area (Å²) in [5.74, 6) is -0.614. The van der Waals surface area contributed by atoms with Gasteiger partial charge in [0.1, 0.15) is 12.0 Å². The van der Waals surface area contributed by atoms with Gasteiger partial charge in [0, 0.05) is 26.6 Å². The van der Waals surface area contributed by atoms with E-state index in [9.17, 15) is 9.59 Å². The zero-order valence-electron chi connectivity index (χ0n) is 17.0. The van der Waals surface area contributed by atoms with E-state index in [2.05, 4.69) is 41.0 Å². The summed E-state index contributed by atoms with van der Waals surface area (Å²) in [6.45, 7) is 1.17. The summed E-state index contributed by atoms with van der Waals surface area (Å²) in [6, 6.07) is 0. The molecule has 3 aromatic rings. The first-order valence-corrected chi connectivity index (χ1v) is 9.59. The van der Waals surface area contributed by atoms with Crippen molar-refractivity contribution in [1.82, 2.24) is 35.0 Å². The Hall–Kier alpha value is -3.93. The summed E-state index contributed by atoms with van der Waals surface area (Å²) >= 11 is 0. The van der Waals surface area contributed by atoms with Crippen LogP contribution in [0.5, 0.6) is 0 Å². The number of hydrogen-bond donors (Lipinski definition) is 3. The molecule has 4 rings (SSSR count). The molecule has 0 bridgehead atoms. The van der Waals surface area contributed by atoms with Crippen molar-refractivity contribution in [2.75, 3.05) is 30.9 Å². The summed E-state index contributed by atoms with van der Waals surface area (Å²) in [4.78, 5) is 42.2. The van der Waals surface area contributed by atoms with E-state index in [-0.39, 0.29) is 34.7 Å². The highest BCUT2D eigenvalue weighted by Gasteiger charge is 2.25. The zero-order chi connectivity index (χ0) is 21.8. The lowest BCUT2D eigenvalue weighted by Crippen LogP contribution is -2.24. The van der Waals surface area contributed by atoms with Gasteiger partial charge in [-0.25, -0.2) is 19.9 Å². The summed E-state index contributed by atoms with van der Waals surface area (Å²) in [6.07, 6.45) is 8.35. The van der Waals surface area contributed by atoms with Crippen molar-refractivity contribution in [2.24, 2.45) is 7.05 Å². The SMILES string of the molecule is CNC(=O)c1c(NC(=O)c2nc([C@@H]3CCOC3)cnc2Nc2cncnc2)cnn1C. The first-order chi connectivity index (χ1) is 15.1. The predicted molar refractivity (Wildman–Crippen MR) is 110 cm³/mol. The summed E-state index contributed by atoms with van der Waals surface area (Å²) in [5, 5.41) is 12.3. The van der Waals surface area contributed by atoms with Crippen LogP contribution in [-0.2, 0) is 11.8 Å². The molecule has 0 aromatic carbocycles. The Labute approximate surface area is 177 Å². The first-order valence-electron chi connectivity index (χ1n) is 9.59. The van der Waals surface area contributed by atoms with Crippen LogP contribution >= 0.6 is 0 Å². The molecule has 31 heavy (non-hydrogen) atoms. The lowest BCUT2D eigenvalue weighted by atomic mass is 10.1. The van der Waals surface area contributed by atoms with E-state index in [1.165, 1.54) is 24.3 Å². The fourth-order valence-electron chi connectivity index (χ4n) is 3.22. The van der Waals surface area contributed by atoms with Gasteiger partial charge in [-0.15, -0.1) is 0 Å².